The average molecular weight is 464 g/mol. The highest BCUT2D eigenvalue weighted by atomic mass is 35.5. The predicted octanol–water partition coefficient (Wildman–Crippen LogP) is 3.59. The zero-order valence-electron chi connectivity index (χ0n) is 17.1. The maximum Gasteiger partial charge on any atom is 0.280 e. The molecule has 1 amide bonds. The molecule has 0 bridgehead atoms. The zero-order chi connectivity index (χ0) is 22.0. The largest absolute Gasteiger partial charge is 0.496 e. The van der Waals surface area contributed by atoms with Gasteiger partial charge in [0.1, 0.15) is 24.5 Å². The summed E-state index contributed by atoms with van der Waals surface area (Å²) in [7, 11) is 2.96. The third-order valence-corrected chi connectivity index (χ3v) is 5.61. The molecule has 2 aromatic carbocycles. The van der Waals surface area contributed by atoms with Gasteiger partial charge in [0.2, 0.25) is 0 Å². The summed E-state index contributed by atoms with van der Waals surface area (Å²) in [4.78, 5) is 13.5. The molecule has 2 aliphatic rings. The monoisotopic (exact) mass is 463 g/mol. The normalized spacial score (nSPS) is 14.9. The molecular weight excluding hydrogens is 442 g/mol. The number of rotatable bonds is 4. The SMILES string of the molecule is COc1ccc(Cl)c(OC)c1C(=O)N1CCCN1C(=S)Nc1ccc2c(c1)OCCO2. The van der Waals surface area contributed by atoms with Crippen molar-refractivity contribution < 1.29 is 23.7 Å². The molecule has 2 aliphatic heterocycles. The molecule has 0 radical (unpaired) electrons. The van der Waals surface area contributed by atoms with Crippen molar-refractivity contribution in [3.63, 3.8) is 0 Å². The minimum absolute atomic E-state index is 0.256. The number of anilines is 1. The fourth-order valence-corrected chi connectivity index (χ4v) is 4.13. The van der Waals surface area contributed by atoms with Crippen LogP contribution in [-0.2, 0) is 0 Å². The molecular formula is C21H22ClN3O5S. The van der Waals surface area contributed by atoms with Crippen LogP contribution in [0.4, 0.5) is 5.69 Å². The Morgan fingerprint density at radius 1 is 1.06 bits per heavy atom. The van der Waals surface area contributed by atoms with Crippen LogP contribution in [0.25, 0.3) is 0 Å². The second-order valence-electron chi connectivity index (χ2n) is 6.85. The molecule has 1 saturated heterocycles. The quantitative estimate of drug-likeness (QED) is 0.690. The molecule has 31 heavy (non-hydrogen) atoms. The van der Waals surface area contributed by atoms with E-state index in [0.29, 0.717) is 53.7 Å². The lowest BCUT2D eigenvalue weighted by molar-refractivity contribution is 0.0495. The molecule has 0 atom stereocenters. The molecule has 1 fully saturated rings. The summed E-state index contributed by atoms with van der Waals surface area (Å²) in [5.74, 6) is 1.69. The van der Waals surface area contributed by atoms with Gasteiger partial charge in [-0.25, -0.2) is 5.01 Å². The van der Waals surface area contributed by atoms with Gasteiger partial charge in [0.25, 0.3) is 5.91 Å². The topological polar surface area (TPSA) is 72.5 Å². The summed E-state index contributed by atoms with van der Waals surface area (Å²) < 4.78 is 22.0. The molecule has 2 aromatic rings. The fraction of sp³-hybridized carbons (Fsp3) is 0.333. The number of carbonyl (C=O) groups is 1. The van der Waals surface area contributed by atoms with Crippen LogP contribution in [0.3, 0.4) is 0 Å². The highest BCUT2D eigenvalue weighted by molar-refractivity contribution is 7.80. The van der Waals surface area contributed by atoms with Gasteiger partial charge in [-0.3, -0.25) is 9.80 Å². The number of hydrogen-bond acceptors (Lipinski definition) is 6. The summed E-state index contributed by atoms with van der Waals surface area (Å²) in [5.41, 5.74) is 0.998. The summed E-state index contributed by atoms with van der Waals surface area (Å²) in [6.45, 7) is 2.12. The maximum absolute atomic E-state index is 13.5. The van der Waals surface area contributed by atoms with Gasteiger partial charge in [0.15, 0.2) is 22.4 Å². The number of hydrazine groups is 1. The van der Waals surface area contributed by atoms with E-state index < -0.39 is 0 Å². The first kappa shape index (κ1) is 21.3. The van der Waals surface area contributed by atoms with Crippen LogP contribution in [-0.4, -0.2) is 61.6 Å². The van der Waals surface area contributed by atoms with Crippen molar-refractivity contribution in [2.24, 2.45) is 0 Å². The summed E-state index contributed by atoms with van der Waals surface area (Å²) >= 11 is 11.9. The number of amides is 1. The van der Waals surface area contributed by atoms with E-state index in [1.165, 1.54) is 14.2 Å². The smallest absolute Gasteiger partial charge is 0.280 e. The van der Waals surface area contributed by atoms with Crippen molar-refractivity contribution in [3.8, 4) is 23.0 Å². The van der Waals surface area contributed by atoms with Crippen molar-refractivity contribution in [2.75, 3.05) is 45.8 Å². The van der Waals surface area contributed by atoms with Crippen molar-refractivity contribution in [1.29, 1.82) is 0 Å². The van der Waals surface area contributed by atoms with E-state index in [-0.39, 0.29) is 17.2 Å². The maximum atomic E-state index is 13.5. The Kier molecular flexibility index (Phi) is 6.24. The third-order valence-electron chi connectivity index (χ3n) is 5.00. The van der Waals surface area contributed by atoms with Gasteiger partial charge in [-0.2, -0.15) is 0 Å². The standard InChI is InChI=1S/C21H22ClN3O5S/c1-27-16-7-5-14(22)19(28-2)18(16)20(26)24-8-3-9-25(24)21(31)23-13-4-6-15-17(12-13)30-11-10-29-15/h4-7,12H,3,8-11H2,1-2H3,(H,23,31). The Hall–Kier alpha value is -2.91. The lowest BCUT2D eigenvalue weighted by Crippen LogP contribution is -2.46. The Morgan fingerprint density at radius 2 is 1.81 bits per heavy atom. The van der Waals surface area contributed by atoms with E-state index in [2.05, 4.69) is 5.32 Å². The van der Waals surface area contributed by atoms with Crippen LogP contribution < -0.4 is 24.3 Å². The molecule has 8 nitrogen and oxygen atoms in total. The molecule has 0 spiro atoms. The Labute approximate surface area is 190 Å². The second-order valence-corrected chi connectivity index (χ2v) is 7.65. The van der Waals surface area contributed by atoms with E-state index in [9.17, 15) is 4.79 Å². The van der Waals surface area contributed by atoms with Gasteiger partial charge in [0, 0.05) is 24.8 Å². The Morgan fingerprint density at radius 3 is 2.55 bits per heavy atom. The lowest BCUT2D eigenvalue weighted by atomic mass is 10.1. The van der Waals surface area contributed by atoms with Gasteiger partial charge in [-0.05, 0) is 42.9 Å². The van der Waals surface area contributed by atoms with E-state index in [1.54, 1.807) is 22.2 Å². The molecule has 0 aliphatic carbocycles. The van der Waals surface area contributed by atoms with E-state index >= 15 is 0 Å². The summed E-state index contributed by atoms with van der Waals surface area (Å²) in [6, 6.07) is 8.78. The number of thiocarbonyl (C=S) groups is 1. The molecule has 4 rings (SSSR count). The van der Waals surface area contributed by atoms with E-state index in [0.717, 1.165) is 12.1 Å². The number of nitrogens with zero attached hydrogens (tertiary/aromatic N) is 2. The number of ether oxygens (including phenoxy) is 4. The van der Waals surface area contributed by atoms with Crippen LogP contribution >= 0.6 is 23.8 Å². The molecule has 164 valence electrons. The van der Waals surface area contributed by atoms with Crippen molar-refractivity contribution >= 4 is 40.5 Å². The minimum Gasteiger partial charge on any atom is -0.496 e. The fourth-order valence-electron chi connectivity index (χ4n) is 3.58. The van der Waals surface area contributed by atoms with Gasteiger partial charge in [-0.1, -0.05) is 11.6 Å². The molecule has 0 aromatic heterocycles. The first-order valence-electron chi connectivity index (χ1n) is 9.74. The van der Waals surface area contributed by atoms with Crippen LogP contribution in [0.1, 0.15) is 16.8 Å². The first-order chi connectivity index (χ1) is 15.0. The van der Waals surface area contributed by atoms with E-state index in [4.69, 9.17) is 42.8 Å². The van der Waals surface area contributed by atoms with Crippen molar-refractivity contribution in [1.82, 2.24) is 10.0 Å². The highest BCUT2D eigenvalue weighted by Gasteiger charge is 2.33. The van der Waals surface area contributed by atoms with Crippen molar-refractivity contribution in [2.45, 2.75) is 6.42 Å². The number of halogens is 1. The third kappa shape index (κ3) is 4.15. The predicted molar refractivity (Wildman–Crippen MR) is 121 cm³/mol. The van der Waals surface area contributed by atoms with Gasteiger partial charge < -0.3 is 24.3 Å². The zero-order valence-corrected chi connectivity index (χ0v) is 18.7. The highest BCUT2D eigenvalue weighted by Crippen LogP contribution is 2.37. The Bertz CT molecular complexity index is 1020. The average Bonchev–Trinajstić information content (AvgIpc) is 3.28. The molecule has 1 N–H and O–H groups in total. The van der Waals surface area contributed by atoms with Gasteiger partial charge >= 0.3 is 0 Å². The molecule has 10 heteroatoms. The summed E-state index contributed by atoms with van der Waals surface area (Å²) in [5, 5.41) is 7.20. The van der Waals surface area contributed by atoms with Gasteiger partial charge in [-0.15, -0.1) is 0 Å². The summed E-state index contributed by atoms with van der Waals surface area (Å²) in [6.07, 6.45) is 0.764. The number of fused-ring (bicyclic) bond motifs is 1. The molecule has 2 heterocycles. The second kappa shape index (κ2) is 9.07. The van der Waals surface area contributed by atoms with Crippen molar-refractivity contribution in [3.05, 3.63) is 40.9 Å². The van der Waals surface area contributed by atoms with Crippen LogP contribution in [0.2, 0.25) is 5.02 Å². The minimum atomic E-state index is -0.306. The van der Waals surface area contributed by atoms with Crippen LogP contribution in [0.5, 0.6) is 23.0 Å². The van der Waals surface area contributed by atoms with Gasteiger partial charge in [0.05, 0.1) is 19.2 Å². The number of nitrogens with one attached hydrogen (secondary N) is 1. The first-order valence-corrected chi connectivity index (χ1v) is 10.5. The Balaban J connectivity index is 1.56. The molecule has 0 saturated carbocycles. The number of hydrogen-bond donors (Lipinski definition) is 1. The number of carbonyl (C=O) groups excluding carboxylic acids is 1. The van der Waals surface area contributed by atoms with Crippen LogP contribution in [0.15, 0.2) is 30.3 Å². The number of methoxy groups -OCH3 is 2. The van der Waals surface area contributed by atoms with Crippen LogP contribution in [0, 0.1) is 0 Å². The lowest BCUT2D eigenvalue weighted by Gasteiger charge is -2.31. The van der Waals surface area contributed by atoms with E-state index in [1.807, 2.05) is 18.2 Å². The molecule has 0 unspecified atom stereocenters. The number of benzene rings is 2.